The van der Waals surface area contributed by atoms with Gasteiger partial charge in [-0.15, -0.1) is 0 Å². The van der Waals surface area contributed by atoms with E-state index in [9.17, 15) is 0 Å². The van der Waals surface area contributed by atoms with Crippen LogP contribution in [0, 0.1) is 0 Å². The Bertz CT molecular complexity index is 795. The lowest BCUT2D eigenvalue weighted by Crippen LogP contribution is -2.09. The first-order chi connectivity index (χ1) is 10.7. The van der Waals surface area contributed by atoms with Gasteiger partial charge in [0.05, 0.1) is 17.1 Å². The Balaban J connectivity index is 2.03. The van der Waals surface area contributed by atoms with Crippen LogP contribution in [0.25, 0.3) is 23.2 Å². The first-order valence-electron chi connectivity index (χ1n) is 7.39. The van der Waals surface area contributed by atoms with Gasteiger partial charge in [-0.3, -0.25) is 0 Å². The molecule has 0 saturated heterocycles. The van der Waals surface area contributed by atoms with Gasteiger partial charge in [0.15, 0.2) is 0 Å². The van der Waals surface area contributed by atoms with Crippen LogP contribution in [-0.4, -0.2) is 16.1 Å². The van der Waals surface area contributed by atoms with E-state index in [1.807, 2.05) is 80.6 Å². The number of fused-ring (bicyclic) bond motifs is 1. The molecule has 0 aliphatic carbocycles. The van der Waals surface area contributed by atoms with Crippen LogP contribution in [0.2, 0.25) is 0 Å². The van der Waals surface area contributed by atoms with Gasteiger partial charge in [-0.25, -0.2) is 9.97 Å². The molecule has 2 aromatic carbocycles. The molecule has 0 N–H and O–H groups in total. The van der Waals surface area contributed by atoms with Crippen LogP contribution in [0.3, 0.4) is 0 Å². The van der Waals surface area contributed by atoms with Crippen molar-refractivity contribution in [2.75, 3.05) is 0 Å². The number of ether oxygens (including phenoxy) is 1. The minimum absolute atomic E-state index is 0.0549. The monoisotopic (exact) mass is 290 g/mol. The molecule has 0 aliphatic heterocycles. The molecule has 0 bridgehead atoms. The van der Waals surface area contributed by atoms with Gasteiger partial charge in [-0.2, -0.15) is 0 Å². The van der Waals surface area contributed by atoms with E-state index in [4.69, 9.17) is 4.74 Å². The summed E-state index contributed by atoms with van der Waals surface area (Å²) < 4.78 is 5.82. The van der Waals surface area contributed by atoms with E-state index in [-0.39, 0.29) is 6.10 Å². The number of rotatable bonds is 4. The number of aromatic nitrogens is 2. The molecule has 0 fully saturated rings. The maximum absolute atomic E-state index is 5.82. The summed E-state index contributed by atoms with van der Waals surface area (Å²) in [5, 5.41) is 0. The van der Waals surface area contributed by atoms with Crippen molar-refractivity contribution in [3.05, 3.63) is 65.9 Å². The van der Waals surface area contributed by atoms with Gasteiger partial charge in [-0.1, -0.05) is 48.5 Å². The average Bonchev–Trinajstić information content (AvgIpc) is 2.53. The maximum Gasteiger partial charge on any atom is 0.240 e. The molecule has 0 radical (unpaired) electrons. The fourth-order valence-corrected chi connectivity index (χ4v) is 2.16. The molecule has 0 aliphatic rings. The van der Waals surface area contributed by atoms with Gasteiger partial charge >= 0.3 is 0 Å². The summed E-state index contributed by atoms with van der Waals surface area (Å²) in [7, 11) is 0. The van der Waals surface area contributed by atoms with Crippen LogP contribution in [0.4, 0.5) is 0 Å². The Morgan fingerprint density at radius 2 is 1.45 bits per heavy atom. The van der Waals surface area contributed by atoms with Crippen LogP contribution in [0.1, 0.15) is 25.1 Å². The van der Waals surface area contributed by atoms with E-state index in [1.54, 1.807) is 0 Å². The van der Waals surface area contributed by atoms with Gasteiger partial charge in [0.25, 0.3) is 0 Å². The highest BCUT2D eigenvalue weighted by molar-refractivity contribution is 5.78. The van der Waals surface area contributed by atoms with Crippen molar-refractivity contribution in [1.29, 1.82) is 0 Å². The molecule has 0 amide bonds. The summed E-state index contributed by atoms with van der Waals surface area (Å²) in [4.78, 5) is 9.26. The number of para-hydroxylation sites is 2. The van der Waals surface area contributed by atoms with Crippen molar-refractivity contribution >= 4 is 23.2 Å². The summed E-state index contributed by atoms with van der Waals surface area (Å²) in [6.07, 6.45) is 4.03. The third-order valence-electron chi connectivity index (χ3n) is 3.14. The summed E-state index contributed by atoms with van der Waals surface area (Å²) in [5.74, 6) is 0.570. The summed E-state index contributed by atoms with van der Waals surface area (Å²) in [5.41, 5.74) is 3.57. The normalized spacial score (nSPS) is 11.4. The molecule has 3 aromatic rings. The molecule has 22 heavy (non-hydrogen) atoms. The molecule has 0 saturated carbocycles. The molecule has 3 rings (SSSR count). The van der Waals surface area contributed by atoms with E-state index < -0.39 is 0 Å². The third-order valence-corrected chi connectivity index (χ3v) is 3.14. The quantitative estimate of drug-likeness (QED) is 0.705. The van der Waals surface area contributed by atoms with Crippen molar-refractivity contribution in [2.45, 2.75) is 20.0 Å². The predicted octanol–water partition coefficient (Wildman–Crippen LogP) is 4.59. The molecule has 3 nitrogen and oxygen atoms in total. The van der Waals surface area contributed by atoms with Crippen LogP contribution >= 0.6 is 0 Å². The average molecular weight is 290 g/mol. The van der Waals surface area contributed by atoms with Crippen LogP contribution < -0.4 is 4.74 Å². The minimum Gasteiger partial charge on any atom is -0.473 e. The first kappa shape index (κ1) is 14.3. The van der Waals surface area contributed by atoms with E-state index in [0.717, 1.165) is 22.3 Å². The predicted molar refractivity (Wildman–Crippen MR) is 90.7 cm³/mol. The Morgan fingerprint density at radius 3 is 2.14 bits per heavy atom. The van der Waals surface area contributed by atoms with E-state index >= 15 is 0 Å². The topological polar surface area (TPSA) is 35.0 Å². The molecule has 1 aromatic heterocycles. The highest BCUT2D eigenvalue weighted by Crippen LogP contribution is 2.22. The lowest BCUT2D eigenvalue weighted by atomic mass is 10.2. The second-order valence-electron chi connectivity index (χ2n) is 5.31. The maximum atomic E-state index is 5.82. The fourth-order valence-electron chi connectivity index (χ4n) is 2.16. The van der Waals surface area contributed by atoms with Gasteiger partial charge in [0.1, 0.15) is 5.69 Å². The Hall–Kier alpha value is -2.68. The summed E-state index contributed by atoms with van der Waals surface area (Å²) >= 11 is 0. The zero-order chi connectivity index (χ0) is 15.4. The van der Waals surface area contributed by atoms with Gasteiger partial charge in [-0.05, 0) is 37.6 Å². The van der Waals surface area contributed by atoms with Crippen molar-refractivity contribution in [3.63, 3.8) is 0 Å². The fraction of sp³-hybridized carbons (Fsp3) is 0.158. The molecular weight excluding hydrogens is 272 g/mol. The number of benzene rings is 2. The Labute approximate surface area is 130 Å². The SMILES string of the molecule is CC(C)Oc1nc2ccccc2nc1C=Cc1ccccc1. The van der Waals surface area contributed by atoms with Crippen LogP contribution in [-0.2, 0) is 0 Å². The van der Waals surface area contributed by atoms with E-state index in [1.165, 1.54) is 0 Å². The largest absolute Gasteiger partial charge is 0.473 e. The smallest absolute Gasteiger partial charge is 0.240 e. The lowest BCUT2D eigenvalue weighted by molar-refractivity contribution is 0.232. The van der Waals surface area contributed by atoms with Crippen molar-refractivity contribution < 1.29 is 4.74 Å². The van der Waals surface area contributed by atoms with Crippen LogP contribution in [0.5, 0.6) is 5.88 Å². The van der Waals surface area contributed by atoms with Crippen molar-refractivity contribution in [1.82, 2.24) is 9.97 Å². The van der Waals surface area contributed by atoms with Crippen LogP contribution in [0.15, 0.2) is 54.6 Å². The Kier molecular flexibility index (Phi) is 4.15. The third kappa shape index (κ3) is 3.31. The van der Waals surface area contributed by atoms with E-state index in [0.29, 0.717) is 5.88 Å². The molecule has 0 unspecified atom stereocenters. The van der Waals surface area contributed by atoms with Gasteiger partial charge < -0.3 is 4.74 Å². The molecule has 110 valence electrons. The first-order valence-corrected chi connectivity index (χ1v) is 7.39. The highest BCUT2D eigenvalue weighted by atomic mass is 16.5. The molecule has 0 atom stereocenters. The molecular formula is C19H18N2O. The highest BCUT2D eigenvalue weighted by Gasteiger charge is 2.09. The van der Waals surface area contributed by atoms with Gasteiger partial charge in [0.2, 0.25) is 5.88 Å². The number of nitrogens with zero attached hydrogens (tertiary/aromatic N) is 2. The molecule has 3 heteroatoms. The summed E-state index contributed by atoms with van der Waals surface area (Å²) in [6, 6.07) is 17.9. The standard InChI is InChI=1S/C19H18N2O/c1-14(2)22-19-18(13-12-15-8-4-3-5-9-15)20-16-10-6-7-11-17(16)21-19/h3-14H,1-2H3. The van der Waals surface area contributed by atoms with Gasteiger partial charge in [0, 0.05) is 0 Å². The second-order valence-corrected chi connectivity index (χ2v) is 5.31. The zero-order valence-electron chi connectivity index (χ0n) is 12.7. The number of hydrogen-bond donors (Lipinski definition) is 0. The van der Waals surface area contributed by atoms with Crippen molar-refractivity contribution in [3.8, 4) is 5.88 Å². The number of hydrogen-bond acceptors (Lipinski definition) is 3. The molecule has 0 spiro atoms. The molecule has 1 heterocycles. The van der Waals surface area contributed by atoms with Crippen molar-refractivity contribution in [2.24, 2.45) is 0 Å². The second kappa shape index (κ2) is 6.39. The Morgan fingerprint density at radius 1 is 0.818 bits per heavy atom. The minimum atomic E-state index is 0.0549. The van der Waals surface area contributed by atoms with E-state index in [2.05, 4.69) is 9.97 Å². The zero-order valence-corrected chi connectivity index (χ0v) is 12.7. The lowest BCUT2D eigenvalue weighted by Gasteiger charge is -2.11. The summed E-state index contributed by atoms with van der Waals surface area (Å²) in [6.45, 7) is 3.98.